The van der Waals surface area contributed by atoms with Crippen LogP contribution >= 0.6 is 7.60 Å². The van der Waals surface area contributed by atoms with Gasteiger partial charge in [0.2, 0.25) is 0 Å². The quantitative estimate of drug-likeness (QED) is 0.555. The summed E-state index contributed by atoms with van der Waals surface area (Å²) in [7, 11) is -5.09. The lowest BCUT2D eigenvalue weighted by Gasteiger charge is -2.24. The van der Waals surface area contributed by atoms with Crippen LogP contribution in [0.25, 0.3) is 0 Å². The van der Waals surface area contributed by atoms with E-state index in [9.17, 15) is 17.8 Å². The van der Waals surface area contributed by atoms with E-state index in [2.05, 4.69) is 5.32 Å². The zero-order valence-corrected chi connectivity index (χ0v) is 15.1. The van der Waals surface area contributed by atoms with Crippen molar-refractivity contribution in [3.63, 3.8) is 0 Å². The number of carbonyl (C=O) groups excluding carboxylic acids is 1. The Morgan fingerprint density at radius 1 is 1.33 bits per heavy atom. The third-order valence-corrected chi connectivity index (χ3v) is 7.46. The third-order valence-electron chi connectivity index (χ3n) is 3.65. The average molecular weight is 377 g/mol. The Hall–Kier alpha value is -1.09. The molecule has 2 rings (SSSR count). The summed E-state index contributed by atoms with van der Waals surface area (Å²) in [5, 5.41) is 1.93. The highest BCUT2D eigenvalue weighted by molar-refractivity contribution is 7.92. The summed E-state index contributed by atoms with van der Waals surface area (Å²) < 4.78 is 52.4. The first kappa shape index (κ1) is 19.2. The Balaban J connectivity index is 2.36. The lowest BCUT2D eigenvalue weighted by atomic mass is 10.1. The summed E-state index contributed by atoms with van der Waals surface area (Å²) in [4.78, 5) is 12.4. The van der Waals surface area contributed by atoms with Crippen molar-refractivity contribution < 1.29 is 31.6 Å². The number of hydrogen-bond donors (Lipinski definition) is 1. The van der Waals surface area contributed by atoms with E-state index in [1.165, 1.54) is 32.4 Å². The van der Waals surface area contributed by atoms with Gasteiger partial charge in [-0.3, -0.25) is 14.7 Å². The van der Waals surface area contributed by atoms with Gasteiger partial charge in [-0.2, -0.15) is 0 Å². The molecule has 1 aliphatic rings. The van der Waals surface area contributed by atoms with Gasteiger partial charge in [-0.05, 0) is 6.07 Å². The van der Waals surface area contributed by atoms with Crippen molar-refractivity contribution in [1.82, 2.24) is 5.32 Å². The van der Waals surface area contributed by atoms with Crippen LogP contribution in [0.4, 0.5) is 0 Å². The molecule has 1 unspecified atom stereocenters. The predicted molar refractivity (Wildman–Crippen MR) is 87.1 cm³/mol. The van der Waals surface area contributed by atoms with Crippen LogP contribution in [0.5, 0.6) is 0 Å². The molecule has 1 aromatic rings. The van der Waals surface area contributed by atoms with Gasteiger partial charge in [0.15, 0.2) is 15.6 Å². The van der Waals surface area contributed by atoms with Crippen molar-refractivity contribution in [1.29, 1.82) is 0 Å². The van der Waals surface area contributed by atoms with E-state index in [1.54, 1.807) is 6.07 Å². The normalized spacial score (nSPS) is 19.2. The fourth-order valence-corrected chi connectivity index (χ4v) is 4.91. The Labute approximate surface area is 140 Å². The Morgan fingerprint density at radius 3 is 2.58 bits per heavy atom. The maximum atomic E-state index is 12.8. The Bertz CT molecular complexity index is 735. The number of carbonyl (C=O) groups is 1. The minimum absolute atomic E-state index is 0.000503. The van der Waals surface area contributed by atoms with Crippen LogP contribution in [0.1, 0.15) is 10.4 Å². The molecule has 10 heteroatoms. The van der Waals surface area contributed by atoms with Gasteiger partial charge >= 0.3 is 7.60 Å². The van der Waals surface area contributed by atoms with Crippen LogP contribution in [-0.2, 0) is 28.2 Å². The summed E-state index contributed by atoms with van der Waals surface area (Å²) in [5.41, 5.74) is -0.0424. The molecule has 0 bridgehead atoms. The van der Waals surface area contributed by atoms with Crippen LogP contribution in [-0.4, -0.2) is 59.7 Å². The van der Waals surface area contributed by atoms with Crippen LogP contribution < -0.4 is 5.32 Å². The molecule has 1 aliphatic heterocycles. The van der Waals surface area contributed by atoms with Crippen LogP contribution in [0.15, 0.2) is 29.2 Å². The fraction of sp³-hybridized carbons (Fsp3) is 0.500. The number of morpholine rings is 1. The first-order chi connectivity index (χ1) is 11.3. The van der Waals surface area contributed by atoms with Crippen molar-refractivity contribution in [3.8, 4) is 0 Å². The molecular formula is C14H20NO7PS. The molecule has 1 N–H and O–H groups in total. The predicted octanol–water partition coefficient (Wildman–Crippen LogP) is 1.07. The van der Waals surface area contributed by atoms with Crippen LogP contribution in [0.2, 0.25) is 0 Å². The van der Waals surface area contributed by atoms with E-state index >= 15 is 0 Å². The lowest BCUT2D eigenvalue weighted by Crippen LogP contribution is -2.46. The number of nitrogens with one attached hydrogen (secondary N) is 1. The van der Waals surface area contributed by atoms with Gasteiger partial charge in [-0.25, -0.2) is 8.42 Å². The molecule has 0 saturated carbocycles. The van der Waals surface area contributed by atoms with Gasteiger partial charge in [0, 0.05) is 26.3 Å². The number of benzene rings is 1. The molecule has 0 aliphatic carbocycles. The molecule has 24 heavy (non-hydrogen) atoms. The van der Waals surface area contributed by atoms with Crippen molar-refractivity contribution in [2.45, 2.75) is 10.3 Å². The minimum Gasteiger partial charge on any atom is -0.377 e. The minimum atomic E-state index is -3.84. The van der Waals surface area contributed by atoms with E-state index in [-0.39, 0.29) is 17.1 Å². The molecule has 1 atom stereocenters. The molecule has 0 amide bonds. The van der Waals surface area contributed by atoms with E-state index in [4.69, 9.17) is 13.8 Å². The molecule has 0 spiro atoms. The second-order valence-corrected chi connectivity index (χ2v) is 9.48. The van der Waals surface area contributed by atoms with Crippen molar-refractivity contribution in [2.75, 3.05) is 40.1 Å². The zero-order valence-electron chi connectivity index (χ0n) is 13.4. The second-order valence-electron chi connectivity index (χ2n) is 5.12. The SMILES string of the molecule is COP(=O)(CC(=O)c1ccccc1S(=O)(=O)C1COCCN1)OC. The smallest absolute Gasteiger partial charge is 0.337 e. The van der Waals surface area contributed by atoms with Gasteiger partial charge in [0.25, 0.3) is 0 Å². The first-order valence-corrected chi connectivity index (χ1v) is 10.5. The number of hydrogen-bond acceptors (Lipinski definition) is 8. The summed E-state index contributed by atoms with van der Waals surface area (Å²) in [6.07, 6.45) is -0.541. The van der Waals surface area contributed by atoms with Crippen molar-refractivity contribution >= 4 is 23.2 Å². The van der Waals surface area contributed by atoms with Crippen LogP contribution in [0, 0.1) is 0 Å². The number of Topliss-reactive ketones (excluding diaryl/α,β-unsaturated/α-hetero) is 1. The molecular weight excluding hydrogens is 357 g/mol. The highest BCUT2D eigenvalue weighted by atomic mass is 32.2. The first-order valence-electron chi connectivity index (χ1n) is 7.22. The van der Waals surface area contributed by atoms with Gasteiger partial charge in [0.05, 0.1) is 18.1 Å². The molecule has 134 valence electrons. The largest absolute Gasteiger partial charge is 0.377 e. The second kappa shape index (κ2) is 7.86. The number of sulfone groups is 1. The standard InChI is InChI=1S/C14H20NO7PS/c1-20-23(17,21-2)10-12(16)11-5-3-4-6-13(11)24(18,19)14-9-22-8-7-15-14/h3-6,14-15H,7-10H2,1-2H3. The van der Waals surface area contributed by atoms with Gasteiger partial charge < -0.3 is 13.8 Å². The summed E-state index contributed by atoms with van der Waals surface area (Å²) in [6, 6.07) is 5.80. The summed E-state index contributed by atoms with van der Waals surface area (Å²) in [5.74, 6) is -0.627. The molecule has 0 radical (unpaired) electrons. The van der Waals surface area contributed by atoms with Crippen molar-refractivity contribution in [3.05, 3.63) is 29.8 Å². The number of rotatable bonds is 7. The highest BCUT2D eigenvalue weighted by Crippen LogP contribution is 2.46. The van der Waals surface area contributed by atoms with Gasteiger partial charge in [-0.1, -0.05) is 18.2 Å². The molecule has 1 aromatic carbocycles. The summed E-state index contributed by atoms with van der Waals surface area (Å²) in [6.45, 7) is 0.833. The monoisotopic (exact) mass is 377 g/mol. The van der Waals surface area contributed by atoms with Crippen molar-refractivity contribution in [2.24, 2.45) is 0 Å². The van der Waals surface area contributed by atoms with E-state index in [0.29, 0.717) is 13.2 Å². The maximum absolute atomic E-state index is 12.8. The van der Waals surface area contributed by atoms with E-state index < -0.39 is 34.8 Å². The number of ether oxygens (including phenoxy) is 1. The lowest BCUT2D eigenvalue weighted by molar-refractivity contribution is 0.0973. The maximum Gasteiger partial charge on any atom is 0.337 e. The van der Waals surface area contributed by atoms with Gasteiger partial charge in [-0.15, -0.1) is 0 Å². The third kappa shape index (κ3) is 4.11. The molecule has 0 aromatic heterocycles. The number of ketones is 1. The highest BCUT2D eigenvalue weighted by Gasteiger charge is 2.34. The molecule has 1 heterocycles. The molecule has 1 saturated heterocycles. The van der Waals surface area contributed by atoms with Gasteiger partial charge in [0.1, 0.15) is 11.5 Å². The van der Waals surface area contributed by atoms with E-state index in [1.807, 2.05) is 0 Å². The van der Waals surface area contributed by atoms with E-state index in [0.717, 1.165) is 0 Å². The average Bonchev–Trinajstić information content (AvgIpc) is 2.62. The topological polar surface area (TPSA) is 108 Å². The molecule has 8 nitrogen and oxygen atoms in total. The zero-order chi connectivity index (χ0) is 17.8. The summed E-state index contributed by atoms with van der Waals surface area (Å²) >= 11 is 0. The van der Waals surface area contributed by atoms with Crippen LogP contribution in [0.3, 0.4) is 0 Å². The Morgan fingerprint density at radius 2 is 2.00 bits per heavy atom. The molecule has 1 fully saturated rings. The Kier molecular flexibility index (Phi) is 6.30. The fourth-order valence-electron chi connectivity index (χ4n) is 2.30.